The van der Waals surface area contributed by atoms with Crippen LogP contribution >= 0.6 is 0 Å². The summed E-state index contributed by atoms with van der Waals surface area (Å²) >= 11 is 0. The molecule has 0 unspecified atom stereocenters. The minimum atomic E-state index is 0.214. The topological polar surface area (TPSA) is 20.3 Å². The summed E-state index contributed by atoms with van der Waals surface area (Å²) in [6.07, 6.45) is 2.58. The normalized spacial score (nSPS) is 16.9. The maximum atomic E-state index is 12.9. The van der Waals surface area contributed by atoms with Crippen molar-refractivity contribution in [2.45, 2.75) is 46.6 Å². The van der Waals surface area contributed by atoms with E-state index in [1.807, 2.05) is 11.0 Å². The molecule has 0 spiro atoms. The molecule has 24 heavy (non-hydrogen) atoms. The van der Waals surface area contributed by atoms with Crippen molar-refractivity contribution < 1.29 is 4.79 Å². The number of hydrogen-bond acceptors (Lipinski definition) is 1. The lowest BCUT2D eigenvalue weighted by molar-refractivity contribution is -0.118. The highest BCUT2D eigenvalue weighted by molar-refractivity contribution is 6.01. The summed E-state index contributed by atoms with van der Waals surface area (Å²) in [6.45, 7) is 7.10. The number of anilines is 1. The van der Waals surface area contributed by atoms with Crippen molar-refractivity contribution in [3.05, 3.63) is 65.2 Å². The third kappa shape index (κ3) is 3.01. The first-order chi connectivity index (χ1) is 11.6. The third-order valence-corrected chi connectivity index (χ3v) is 4.96. The minimum Gasteiger partial charge on any atom is -0.307 e. The number of rotatable bonds is 3. The van der Waals surface area contributed by atoms with E-state index in [-0.39, 0.29) is 5.91 Å². The summed E-state index contributed by atoms with van der Waals surface area (Å²) in [5.41, 5.74) is 7.19. The molecule has 1 aliphatic rings. The van der Waals surface area contributed by atoms with Gasteiger partial charge >= 0.3 is 0 Å². The number of carbonyl (C=O) groups excluding carboxylic acids is 1. The summed E-state index contributed by atoms with van der Waals surface area (Å²) in [4.78, 5) is 14.9. The van der Waals surface area contributed by atoms with E-state index in [1.54, 1.807) is 0 Å². The Morgan fingerprint density at radius 1 is 0.958 bits per heavy atom. The lowest BCUT2D eigenvalue weighted by atomic mass is 9.90. The van der Waals surface area contributed by atoms with E-state index in [9.17, 15) is 4.79 Å². The average molecular weight is 319 g/mol. The van der Waals surface area contributed by atoms with Crippen LogP contribution in [-0.2, 0) is 11.3 Å². The van der Waals surface area contributed by atoms with Crippen LogP contribution in [0.3, 0.4) is 0 Å². The first-order valence-corrected chi connectivity index (χ1v) is 8.79. The molecule has 0 fully saturated rings. The number of benzene rings is 2. The van der Waals surface area contributed by atoms with Crippen molar-refractivity contribution in [1.82, 2.24) is 0 Å². The number of allylic oxidation sites excluding steroid dienone is 2. The Kier molecular flexibility index (Phi) is 4.84. The lowest BCUT2D eigenvalue weighted by Crippen LogP contribution is -2.32. The van der Waals surface area contributed by atoms with E-state index < -0.39 is 0 Å². The number of carbonyl (C=O) groups is 1. The van der Waals surface area contributed by atoms with Gasteiger partial charge in [-0.3, -0.25) is 4.79 Å². The van der Waals surface area contributed by atoms with Crippen molar-refractivity contribution in [3.8, 4) is 0 Å². The standard InChI is InChI=1S/C22H25NO/c1-4-5-14-22(24)23-15-18-10-6-7-11-19(18)16(2)17(3)20-12-8-9-13-21(20)23/h6-13H,4-5,14-15H2,1-3H3/b17-16-. The summed E-state index contributed by atoms with van der Waals surface area (Å²) < 4.78 is 0. The van der Waals surface area contributed by atoms with Crippen molar-refractivity contribution in [2.75, 3.05) is 4.90 Å². The Morgan fingerprint density at radius 3 is 2.33 bits per heavy atom. The van der Waals surface area contributed by atoms with E-state index in [2.05, 4.69) is 63.2 Å². The molecule has 0 N–H and O–H groups in total. The Hall–Kier alpha value is -2.35. The van der Waals surface area contributed by atoms with Gasteiger partial charge in [0.05, 0.1) is 12.2 Å². The average Bonchev–Trinajstić information content (AvgIpc) is 2.62. The highest BCUT2D eigenvalue weighted by Crippen LogP contribution is 2.37. The fourth-order valence-corrected chi connectivity index (χ4v) is 3.40. The Bertz CT molecular complexity index is 788. The van der Waals surface area contributed by atoms with E-state index in [1.165, 1.54) is 22.3 Å². The lowest BCUT2D eigenvalue weighted by Gasteiger charge is -2.30. The second-order valence-electron chi connectivity index (χ2n) is 6.51. The first kappa shape index (κ1) is 16.5. The largest absolute Gasteiger partial charge is 0.307 e. The highest BCUT2D eigenvalue weighted by Gasteiger charge is 2.23. The zero-order chi connectivity index (χ0) is 17.1. The Morgan fingerprint density at radius 2 is 1.58 bits per heavy atom. The van der Waals surface area contributed by atoms with Gasteiger partial charge in [-0.15, -0.1) is 0 Å². The molecule has 2 heteroatoms. The van der Waals surface area contributed by atoms with Gasteiger partial charge in [0, 0.05) is 12.0 Å². The minimum absolute atomic E-state index is 0.214. The number of unbranched alkanes of at least 4 members (excludes halogenated alkanes) is 1. The first-order valence-electron chi connectivity index (χ1n) is 8.79. The molecule has 1 heterocycles. The van der Waals surface area contributed by atoms with Crippen LogP contribution in [-0.4, -0.2) is 5.91 Å². The van der Waals surface area contributed by atoms with Gasteiger partial charge < -0.3 is 4.90 Å². The maximum Gasteiger partial charge on any atom is 0.227 e. The molecule has 3 rings (SSSR count). The van der Waals surface area contributed by atoms with E-state index >= 15 is 0 Å². The van der Waals surface area contributed by atoms with Gasteiger partial charge in [-0.05, 0) is 48.6 Å². The zero-order valence-electron chi connectivity index (χ0n) is 14.8. The van der Waals surface area contributed by atoms with Gasteiger partial charge in [-0.2, -0.15) is 0 Å². The predicted molar refractivity (Wildman–Crippen MR) is 102 cm³/mol. The van der Waals surface area contributed by atoms with Crippen molar-refractivity contribution in [3.63, 3.8) is 0 Å². The van der Waals surface area contributed by atoms with Gasteiger partial charge in [-0.1, -0.05) is 55.8 Å². The van der Waals surface area contributed by atoms with E-state index in [0.29, 0.717) is 13.0 Å². The van der Waals surface area contributed by atoms with Crippen LogP contribution < -0.4 is 4.90 Å². The summed E-state index contributed by atoms with van der Waals surface area (Å²) in [5, 5.41) is 0. The molecule has 0 aromatic heterocycles. The molecule has 0 atom stereocenters. The van der Waals surface area contributed by atoms with Gasteiger partial charge in [0.1, 0.15) is 0 Å². The second kappa shape index (κ2) is 7.04. The van der Waals surface area contributed by atoms with Gasteiger partial charge in [0.2, 0.25) is 5.91 Å². The predicted octanol–water partition coefficient (Wildman–Crippen LogP) is 5.67. The number of hydrogen-bond donors (Lipinski definition) is 0. The number of amides is 1. The van der Waals surface area contributed by atoms with Crippen molar-refractivity contribution >= 4 is 22.7 Å². The van der Waals surface area contributed by atoms with Crippen LogP contribution in [0.25, 0.3) is 11.1 Å². The molecule has 1 aliphatic heterocycles. The van der Waals surface area contributed by atoms with Crippen LogP contribution in [0, 0.1) is 0 Å². The monoisotopic (exact) mass is 319 g/mol. The molecule has 0 saturated heterocycles. The molecule has 0 radical (unpaired) electrons. The van der Waals surface area contributed by atoms with Crippen LogP contribution in [0.5, 0.6) is 0 Å². The van der Waals surface area contributed by atoms with E-state index in [4.69, 9.17) is 0 Å². The summed E-state index contributed by atoms with van der Waals surface area (Å²) in [5.74, 6) is 0.214. The number of para-hydroxylation sites is 1. The smallest absolute Gasteiger partial charge is 0.227 e. The molecule has 0 saturated carbocycles. The summed E-state index contributed by atoms with van der Waals surface area (Å²) in [6, 6.07) is 16.7. The fraction of sp³-hybridized carbons (Fsp3) is 0.318. The number of fused-ring (bicyclic) bond motifs is 2. The quantitative estimate of drug-likeness (QED) is 0.713. The highest BCUT2D eigenvalue weighted by atomic mass is 16.2. The zero-order valence-corrected chi connectivity index (χ0v) is 14.8. The Labute approximate surface area is 144 Å². The van der Waals surface area contributed by atoms with Crippen molar-refractivity contribution in [2.24, 2.45) is 0 Å². The molecule has 2 aromatic rings. The molecule has 2 nitrogen and oxygen atoms in total. The van der Waals surface area contributed by atoms with Gasteiger partial charge in [0.15, 0.2) is 0 Å². The van der Waals surface area contributed by atoms with Gasteiger partial charge in [-0.25, -0.2) is 0 Å². The molecule has 1 amide bonds. The maximum absolute atomic E-state index is 12.9. The Balaban J connectivity index is 2.17. The van der Waals surface area contributed by atoms with Crippen LogP contribution in [0.15, 0.2) is 48.5 Å². The van der Waals surface area contributed by atoms with Crippen LogP contribution in [0.4, 0.5) is 5.69 Å². The third-order valence-electron chi connectivity index (χ3n) is 4.96. The molecule has 0 bridgehead atoms. The SMILES string of the molecule is CCCCC(=O)N1Cc2ccccc2/C(C)=C(/C)c2ccccc21. The second-order valence-corrected chi connectivity index (χ2v) is 6.51. The summed E-state index contributed by atoms with van der Waals surface area (Å²) in [7, 11) is 0. The molecule has 124 valence electrons. The molecular formula is C22H25NO. The van der Waals surface area contributed by atoms with Crippen LogP contribution in [0.2, 0.25) is 0 Å². The van der Waals surface area contributed by atoms with Crippen molar-refractivity contribution in [1.29, 1.82) is 0 Å². The molecule has 0 aliphatic carbocycles. The molecule has 2 aromatic carbocycles. The molecular weight excluding hydrogens is 294 g/mol. The van der Waals surface area contributed by atoms with E-state index in [0.717, 1.165) is 24.1 Å². The number of nitrogens with zero attached hydrogens (tertiary/aromatic N) is 1. The van der Waals surface area contributed by atoms with Gasteiger partial charge in [0.25, 0.3) is 0 Å². The van der Waals surface area contributed by atoms with Crippen LogP contribution in [0.1, 0.15) is 56.7 Å². The fourth-order valence-electron chi connectivity index (χ4n) is 3.40.